The summed E-state index contributed by atoms with van der Waals surface area (Å²) in [5, 5.41) is 5.27. The van der Waals surface area contributed by atoms with Crippen LogP contribution in [0, 0.1) is 0 Å². The van der Waals surface area contributed by atoms with E-state index in [9.17, 15) is 14.4 Å². The van der Waals surface area contributed by atoms with Gasteiger partial charge in [0.05, 0.1) is 7.11 Å². The summed E-state index contributed by atoms with van der Waals surface area (Å²) in [7, 11) is 1.24. The molecular weight excluding hydrogens is 360 g/mol. The topological polar surface area (TPSA) is 93.7 Å². The number of carbonyl (C=O) groups excluding carboxylic acids is 3. The Kier molecular flexibility index (Phi) is 8.02. The van der Waals surface area contributed by atoms with Gasteiger partial charge < -0.3 is 20.1 Å². The fraction of sp³-hybridized carbons (Fsp3) is 0.286. The molecule has 7 nitrogen and oxygen atoms in total. The van der Waals surface area contributed by atoms with Crippen LogP contribution < -0.4 is 10.6 Å². The van der Waals surface area contributed by atoms with E-state index < -0.39 is 18.1 Å². The highest BCUT2D eigenvalue weighted by Crippen LogP contribution is 2.20. The van der Waals surface area contributed by atoms with Crippen molar-refractivity contribution >= 4 is 23.7 Å². The predicted octanol–water partition coefficient (Wildman–Crippen LogP) is 3.57. The number of amides is 2. The van der Waals surface area contributed by atoms with Crippen LogP contribution >= 0.6 is 0 Å². The Labute approximate surface area is 164 Å². The molecule has 2 rings (SSSR count). The van der Waals surface area contributed by atoms with E-state index in [1.165, 1.54) is 7.11 Å². The number of anilines is 1. The van der Waals surface area contributed by atoms with E-state index >= 15 is 0 Å². The molecule has 0 aliphatic heterocycles. The second-order valence-electron chi connectivity index (χ2n) is 6.09. The molecule has 0 spiro atoms. The van der Waals surface area contributed by atoms with Crippen LogP contribution in [0.4, 0.5) is 10.5 Å². The second-order valence-corrected chi connectivity index (χ2v) is 6.09. The molecule has 148 valence electrons. The number of carbonyl (C=O) groups is 3. The zero-order valence-electron chi connectivity index (χ0n) is 15.9. The van der Waals surface area contributed by atoms with Crippen molar-refractivity contribution in [2.24, 2.45) is 0 Å². The first-order valence-electron chi connectivity index (χ1n) is 8.98. The number of benzene rings is 2. The van der Waals surface area contributed by atoms with Crippen molar-refractivity contribution in [3.05, 3.63) is 65.7 Å². The third kappa shape index (κ3) is 6.42. The monoisotopic (exact) mass is 384 g/mol. The molecule has 0 radical (unpaired) electrons. The zero-order chi connectivity index (χ0) is 20.4. The van der Waals surface area contributed by atoms with Gasteiger partial charge in [-0.3, -0.25) is 4.79 Å². The highest BCUT2D eigenvalue weighted by atomic mass is 16.6. The van der Waals surface area contributed by atoms with E-state index in [0.717, 1.165) is 12.0 Å². The van der Waals surface area contributed by atoms with E-state index in [1.54, 1.807) is 24.3 Å². The summed E-state index contributed by atoms with van der Waals surface area (Å²) in [4.78, 5) is 36.1. The number of hydrogen-bond donors (Lipinski definition) is 2. The maximum absolute atomic E-state index is 12.2. The molecule has 0 heterocycles. The molecule has 2 N–H and O–H groups in total. The molecule has 2 aromatic carbocycles. The molecule has 0 saturated carbocycles. The van der Waals surface area contributed by atoms with Gasteiger partial charge in [-0.15, -0.1) is 0 Å². The molecule has 7 heteroatoms. The zero-order valence-corrected chi connectivity index (χ0v) is 15.9. The van der Waals surface area contributed by atoms with Gasteiger partial charge in [-0.2, -0.15) is 0 Å². The lowest BCUT2D eigenvalue weighted by Crippen LogP contribution is -2.35. The summed E-state index contributed by atoms with van der Waals surface area (Å²) in [6.45, 7) is 1.99. The van der Waals surface area contributed by atoms with Gasteiger partial charge in [-0.05, 0) is 29.7 Å². The molecule has 1 atom stereocenters. The van der Waals surface area contributed by atoms with Crippen LogP contribution in [0.1, 0.15) is 36.9 Å². The average molecular weight is 384 g/mol. The Morgan fingerprint density at radius 3 is 2.46 bits per heavy atom. The maximum Gasteiger partial charge on any atom is 0.408 e. The third-order valence-electron chi connectivity index (χ3n) is 3.89. The van der Waals surface area contributed by atoms with Crippen molar-refractivity contribution in [2.45, 2.75) is 32.4 Å². The van der Waals surface area contributed by atoms with Gasteiger partial charge in [0.1, 0.15) is 6.61 Å². The SMILES string of the molecule is CCCC(=O)Nc1cccc([C@@H](NC(=O)OCc2ccccc2)C(=O)OC)c1. The first kappa shape index (κ1) is 21.0. The number of hydrogen-bond acceptors (Lipinski definition) is 5. The highest BCUT2D eigenvalue weighted by molar-refractivity contribution is 5.91. The molecule has 0 unspecified atom stereocenters. The van der Waals surface area contributed by atoms with Crippen molar-refractivity contribution in [1.29, 1.82) is 0 Å². The molecule has 0 aliphatic carbocycles. The Morgan fingerprint density at radius 2 is 1.79 bits per heavy atom. The lowest BCUT2D eigenvalue weighted by molar-refractivity contribution is -0.143. The van der Waals surface area contributed by atoms with Crippen molar-refractivity contribution < 1.29 is 23.9 Å². The molecule has 0 bridgehead atoms. The Hall–Kier alpha value is -3.35. The summed E-state index contributed by atoms with van der Waals surface area (Å²) >= 11 is 0. The fourth-order valence-electron chi connectivity index (χ4n) is 2.53. The van der Waals surface area contributed by atoms with Gasteiger partial charge >= 0.3 is 12.1 Å². The maximum atomic E-state index is 12.2. The number of alkyl carbamates (subject to hydrolysis) is 1. The second kappa shape index (κ2) is 10.7. The van der Waals surface area contributed by atoms with Crippen molar-refractivity contribution in [3.63, 3.8) is 0 Å². The van der Waals surface area contributed by atoms with E-state index in [4.69, 9.17) is 9.47 Å². The van der Waals surface area contributed by atoms with Crippen molar-refractivity contribution in [2.75, 3.05) is 12.4 Å². The first-order chi connectivity index (χ1) is 13.5. The van der Waals surface area contributed by atoms with Crippen molar-refractivity contribution in [3.8, 4) is 0 Å². The van der Waals surface area contributed by atoms with Gasteiger partial charge in [0.15, 0.2) is 6.04 Å². The van der Waals surface area contributed by atoms with Gasteiger partial charge in [-0.1, -0.05) is 49.4 Å². The van der Waals surface area contributed by atoms with Crippen LogP contribution in [-0.4, -0.2) is 25.1 Å². The minimum Gasteiger partial charge on any atom is -0.467 e. The van der Waals surface area contributed by atoms with E-state index in [1.807, 2.05) is 37.3 Å². The normalized spacial score (nSPS) is 11.2. The lowest BCUT2D eigenvalue weighted by Gasteiger charge is -2.18. The van der Waals surface area contributed by atoms with Gasteiger partial charge in [0.2, 0.25) is 5.91 Å². The molecule has 0 fully saturated rings. The minimum atomic E-state index is -1.06. The Bertz CT molecular complexity index is 807. The van der Waals surface area contributed by atoms with Crippen LogP contribution in [-0.2, 0) is 25.7 Å². The summed E-state index contributed by atoms with van der Waals surface area (Å²) in [5.74, 6) is -0.766. The van der Waals surface area contributed by atoms with E-state index in [0.29, 0.717) is 17.7 Å². The van der Waals surface area contributed by atoms with E-state index in [-0.39, 0.29) is 12.5 Å². The van der Waals surface area contributed by atoms with Crippen LogP contribution in [0.3, 0.4) is 0 Å². The molecule has 2 amide bonds. The summed E-state index contributed by atoms with van der Waals surface area (Å²) in [6.07, 6.45) is 0.375. The molecule has 2 aromatic rings. The average Bonchev–Trinajstić information content (AvgIpc) is 2.71. The summed E-state index contributed by atoms with van der Waals surface area (Å²) < 4.78 is 9.97. The largest absolute Gasteiger partial charge is 0.467 e. The van der Waals surface area contributed by atoms with Gasteiger partial charge in [-0.25, -0.2) is 9.59 Å². The van der Waals surface area contributed by atoms with Gasteiger partial charge in [0, 0.05) is 12.1 Å². The molecule has 28 heavy (non-hydrogen) atoms. The fourth-order valence-corrected chi connectivity index (χ4v) is 2.53. The lowest BCUT2D eigenvalue weighted by atomic mass is 10.1. The van der Waals surface area contributed by atoms with E-state index in [2.05, 4.69) is 10.6 Å². The Balaban J connectivity index is 2.07. The number of rotatable bonds is 8. The van der Waals surface area contributed by atoms with Crippen LogP contribution in [0.5, 0.6) is 0 Å². The predicted molar refractivity (Wildman–Crippen MR) is 104 cm³/mol. The number of ether oxygens (including phenoxy) is 2. The third-order valence-corrected chi connectivity index (χ3v) is 3.89. The van der Waals surface area contributed by atoms with Crippen LogP contribution in [0.25, 0.3) is 0 Å². The van der Waals surface area contributed by atoms with Crippen LogP contribution in [0.2, 0.25) is 0 Å². The quantitative estimate of drug-likeness (QED) is 0.679. The van der Waals surface area contributed by atoms with Gasteiger partial charge in [0.25, 0.3) is 0 Å². The Morgan fingerprint density at radius 1 is 1.04 bits per heavy atom. The smallest absolute Gasteiger partial charge is 0.408 e. The standard InChI is InChI=1S/C21H24N2O5/c1-3-8-18(24)22-17-12-7-11-16(13-17)19(20(25)27-2)23-21(26)28-14-15-9-5-4-6-10-15/h4-7,9-13,19H,3,8,14H2,1-2H3,(H,22,24)(H,23,26)/t19-/m1/s1. The first-order valence-corrected chi connectivity index (χ1v) is 8.98. The molecule has 0 saturated heterocycles. The summed E-state index contributed by atoms with van der Waals surface area (Å²) in [6, 6.07) is 14.8. The number of esters is 1. The summed E-state index contributed by atoms with van der Waals surface area (Å²) in [5.41, 5.74) is 1.83. The number of nitrogens with one attached hydrogen (secondary N) is 2. The van der Waals surface area contributed by atoms with Crippen LogP contribution in [0.15, 0.2) is 54.6 Å². The molecule has 0 aliphatic rings. The minimum absolute atomic E-state index is 0.0771. The molecular formula is C21H24N2O5. The number of methoxy groups -OCH3 is 1. The van der Waals surface area contributed by atoms with Crippen molar-refractivity contribution in [1.82, 2.24) is 5.32 Å². The highest BCUT2D eigenvalue weighted by Gasteiger charge is 2.24. The molecule has 0 aromatic heterocycles.